The summed E-state index contributed by atoms with van der Waals surface area (Å²) in [6, 6.07) is 0.134. The van der Waals surface area contributed by atoms with E-state index in [1.54, 1.807) is 18.7 Å². The summed E-state index contributed by atoms with van der Waals surface area (Å²) in [5, 5.41) is 3.54. The van der Waals surface area contributed by atoms with E-state index in [1.165, 1.54) is 0 Å². The van der Waals surface area contributed by atoms with Crippen molar-refractivity contribution in [2.75, 3.05) is 18.4 Å². The van der Waals surface area contributed by atoms with E-state index in [-0.39, 0.29) is 28.7 Å². The SMILES string of the molecule is CCn1c(-c2cnc(C)nc2)nc2c(N[C@H]3CCN(C(=O)C4C(C)(C)C4(C)C)C3)ncnc21. The van der Waals surface area contributed by atoms with Gasteiger partial charge in [-0.3, -0.25) is 4.79 Å². The Labute approximate surface area is 194 Å². The molecule has 5 rings (SSSR count). The number of nitrogens with one attached hydrogen (secondary N) is 1. The molecule has 33 heavy (non-hydrogen) atoms. The molecule has 0 bridgehead atoms. The molecule has 1 N–H and O–H groups in total. The molecular weight excluding hydrogens is 416 g/mol. The second kappa shape index (κ2) is 7.46. The molecule has 4 heterocycles. The molecule has 1 atom stereocenters. The standard InChI is InChI=1S/C24H32N8O/c1-7-32-20(15-10-25-14(2)26-11-15)30-17-19(27-13-28-21(17)32)29-16-8-9-31(12-16)22(33)18-23(3,4)24(18,5)6/h10-11,13,16,18H,7-9,12H2,1-6H3,(H,27,28,29)/t16-/m0/s1. The summed E-state index contributed by atoms with van der Waals surface area (Å²) in [4.78, 5) is 37.7. The average Bonchev–Trinajstić information content (AvgIpc) is 3.20. The zero-order valence-electron chi connectivity index (χ0n) is 20.3. The molecule has 1 saturated heterocycles. The highest BCUT2D eigenvalue weighted by Gasteiger charge is 2.69. The van der Waals surface area contributed by atoms with Crippen LogP contribution in [0.25, 0.3) is 22.6 Å². The second-order valence-corrected chi connectivity index (χ2v) is 10.4. The Bertz CT molecular complexity index is 1200. The van der Waals surface area contributed by atoms with Crippen LogP contribution >= 0.6 is 0 Å². The first-order chi connectivity index (χ1) is 15.6. The third-order valence-electron chi connectivity index (χ3n) is 8.00. The smallest absolute Gasteiger partial charge is 0.226 e. The Morgan fingerprint density at radius 3 is 2.45 bits per heavy atom. The highest BCUT2D eigenvalue weighted by molar-refractivity contribution is 5.87. The summed E-state index contributed by atoms with van der Waals surface area (Å²) in [5.41, 5.74) is 2.45. The number of nitrogens with zero attached hydrogens (tertiary/aromatic N) is 7. The second-order valence-electron chi connectivity index (χ2n) is 10.4. The van der Waals surface area contributed by atoms with Crippen molar-refractivity contribution in [2.24, 2.45) is 16.7 Å². The maximum Gasteiger partial charge on any atom is 0.226 e. The van der Waals surface area contributed by atoms with E-state index in [2.05, 4.69) is 64.4 Å². The Morgan fingerprint density at radius 2 is 1.82 bits per heavy atom. The van der Waals surface area contributed by atoms with Gasteiger partial charge in [-0.25, -0.2) is 24.9 Å². The fourth-order valence-electron chi connectivity index (χ4n) is 5.34. The lowest BCUT2D eigenvalue weighted by molar-refractivity contribution is -0.132. The number of hydrogen-bond acceptors (Lipinski definition) is 7. The number of fused-ring (bicyclic) bond motifs is 1. The first kappa shape index (κ1) is 21.7. The van der Waals surface area contributed by atoms with Gasteiger partial charge in [-0.15, -0.1) is 0 Å². The van der Waals surface area contributed by atoms with Crippen LogP contribution < -0.4 is 5.32 Å². The Hall–Kier alpha value is -3.10. The largest absolute Gasteiger partial charge is 0.364 e. The Balaban J connectivity index is 1.38. The molecule has 0 unspecified atom stereocenters. The number of imidazole rings is 1. The van der Waals surface area contributed by atoms with Gasteiger partial charge >= 0.3 is 0 Å². The zero-order chi connectivity index (χ0) is 23.5. The van der Waals surface area contributed by atoms with Crippen molar-refractivity contribution >= 4 is 22.9 Å². The number of amides is 1. The number of rotatable bonds is 5. The molecule has 1 aliphatic carbocycles. The van der Waals surface area contributed by atoms with Gasteiger partial charge in [0.25, 0.3) is 0 Å². The van der Waals surface area contributed by atoms with Crippen LogP contribution in [-0.4, -0.2) is 59.4 Å². The third-order valence-corrected chi connectivity index (χ3v) is 8.00. The van der Waals surface area contributed by atoms with Crippen molar-refractivity contribution in [3.63, 3.8) is 0 Å². The molecule has 1 amide bonds. The minimum Gasteiger partial charge on any atom is -0.364 e. The molecule has 174 valence electrons. The summed E-state index contributed by atoms with van der Waals surface area (Å²) >= 11 is 0. The number of aromatic nitrogens is 6. The van der Waals surface area contributed by atoms with Gasteiger partial charge in [-0.2, -0.15) is 0 Å². The van der Waals surface area contributed by atoms with E-state index in [4.69, 9.17) is 4.98 Å². The van der Waals surface area contributed by atoms with Crippen molar-refractivity contribution in [3.05, 3.63) is 24.5 Å². The maximum absolute atomic E-state index is 13.2. The van der Waals surface area contributed by atoms with Crippen LogP contribution in [0.1, 0.15) is 46.9 Å². The van der Waals surface area contributed by atoms with E-state index in [9.17, 15) is 4.79 Å². The Kier molecular flexibility index (Phi) is 4.91. The molecule has 0 radical (unpaired) electrons. The molecule has 9 heteroatoms. The minimum absolute atomic E-state index is 0.0531. The quantitative estimate of drug-likeness (QED) is 0.639. The van der Waals surface area contributed by atoms with Crippen molar-refractivity contribution in [3.8, 4) is 11.4 Å². The monoisotopic (exact) mass is 448 g/mol. The fourth-order valence-corrected chi connectivity index (χ4v) is 5.34. The van der Waals surface area contributed by atoms with Crippen LogP contribution in [0.4, 0.5) is 5.82 Å². The lowest BCUT2D eigenvalue weighted by Crippen LogP contribution is -2.34. The number of likely N-dealkylation sites (tertiary alicyclic amines) is 1. The number of carbonyl (C=O) groups excluding carboxylic acids is 1. The van der Waals surface area contributed by atoms with E-state index >= 15 is 0 Å². The summed E-state index contributed by atoms with van der Waals surface area (Å²) in [6.07, 6.45) is 6.04. The van der Waals surface area contributed by atoms with E-state index in [0.29, 0.717) is 12.4 Å². The van der Waals surface area contributed by atoms with Crippen LogP contribution in [0.5, 0.6) is 0 Å². The van der Waals surface area contributed by atoms with Gasteiger partial charge in [-0.1, -0.05) is 27.7 Å². The molecule has 3 aromatic heterocycles. The first-order valence-electron chi connectivity index (χ1n) is 11.7. The van der Waals surface area contributed by atoms with Gasteiger partial charge < -0.3 is 14.8 Å². The molecule has 0 aromatic carbocycles. The maximum atomic E-state index is 13.2. The van der Waals surface area contributed by atoms with Gasteiger partial charge in [0.1, 0.15) is 18.0 Å². The summed E-state index contributed by atoms with van der Waals surface area (Å²) in [6.45, 7) is 14.9. The molecule has 9 nitrogen and oxygen atoms in total. The predicted octanol–water partition coefficient (Wildman–Crippen LogP) is 3.31. The number of anilines is 1. The Morgan fingerprint density at radius 1 is 1.12 bits per heavy atom. The molecule has 1 aliphatic heterocycles. The molecule has 3 aromatic rings. The average molecular weight is 449 g/mol. The van der Waals surface area contributed by atoms with Gasteiger partial charge in [-0.05, 0) is 31.1 Å². The minimum atomic E-state index is 0.0531. The first-order valence-corrected chi connectivity index (χ1v) is 11.7. The van der Waals surface area contributed by atoms with Crippen LogP contribution in [0, 0.1) is 23.7 Å². The summed E-state index contributed by atoms with van der Waals surface area (Å²) < 4.78 is 2.05. The zero-order valence-corrected chi connectivity index (χ0v) is 20.3. The normalized spacial score (nSPS) is 21.5. The number of carbonyl (C=O) groups is 1. The third kappa shape index (κ3) is 3.36. The number of aryl methyl sites for hydroxylation is 2. The molecule has 1 saturated carbocycles. The van der Waals surface area contributed by atoms with Crippen LogP contribution in [0.3, 0.4) is 0 Å². The van der Waals surface area contributed by atoms with Gasteiger partial charge in [0, 0.05) is 44.0 Å². The van der Waals surface area contributed by atoms with E-state index < -0.39 is 0 Å². The lowest BCUT2D eigenvalue weighted by atomic mass is 10.0. The fraction of sp³-hybridized carbons (Fsp3) is 0.583. The number of hydrogen-bond donors (Lipinski definition) is 1. The van der Waals surface area contributed by atoms with Crippen molar-refractivity contribution in [2.45, 2.75) is 60.5 Å². The van der Waals surface area contributed by atoms with Gasteiger partial charge in [0.15, 0.2) is 17.0 Å². The summed E-state index contributed by atoms with van der Waals surface area (Å²) in [5.74, 6) is 2.57. The van der Waals surface area contributed by atoms with Gasteiger partial charge in [0.2, 0.25) is 5.91 Å². The van der Waals surface area contributed by atoms with Crippen LogP contribution in [0.2, 0.25) is 0 Å². The van der Waals surface area contributed by atoms with Crippen LogP contribution in [0.15, 0.2) is 18.7 Å². The van der Waals surface area contributed by atoms with Crippen molar-refractivity contribution < 1.29 is 4.79 Å². The lowest BCUT2D eigenvalue weighted by Gasteiger charge is -2.18. The summed E-state index contributed by atoms with van der Waals surface area (Å²) in [7, 11) is 0. The topological polar surface area (TPSA) is 102 Å². The molecule has 0 spiro atoms. The van der Waals surface area contributed by atoms with Crippen molar-refractivity contribution in [1.29, 1.82) is 0 Å². The van der Waals surface area contributed by atoms with E-state index in [0.717, 1.165) is 47.9 Å². The highest BCUT2D eigenvalue weighted by Crippen LogP contribution is 2.68. The molecular formula is C24H32N8O. The van der Waals surface area contributed by atoms with Gasteiger partial charge in [0.05, 0.1) is 5.56 Å². The highest BCUT2D eigenvalue weighted by atomic mass is 16.2. The molecule has 2 fully saturated rings. The molecule has 2 aliphatic rings. The van der Waals surface area contributed by atoms with E-state index in [1.807, 2.05) is 11.8 Å². The predicted molar refractivity (Wildman–Crippen MR) is 126 cm³/mol. The van der Waals surface area contributed by atoms with Crippen molar-refractivity contribution in [1.82, 2.24) is 34.4 Å². The van der Waals surface area contributed by atoms with Crippen LogP contribution in [-0.2, 0) is 11.3 Å².